The number of hydrogen-bond acceptors (Lipinski definition) is 2. The molecule has 2 amide bonds. The number of aliphatic hydroxyl groups excluding tert-OH is 1. The molecule has 1 aromatic rings. The molecule has 1 aromatic carbocycles. The van der Waals surface area contributed by atoms with Crippen LogP contribution in [0.4, 0.5) is 4.79 Å². The van der Waals surface area contributed by atoms with Crippen LogP contribution in [0.5, 0.6) is 0 Å². The van der Waals surface area contributed by atoms with Gasteiger partial charge in [0.25, 0.3) is 0 Å². The number of amides is 2. The fraction of sp³-hybridized carbons (Fsp3) is 0.462. The number of hydrogen-bond donors (Lipinski definition) is 2. The number of carbonyl (C=O) groups is 1. The van der Waals surface area contributed by atoms with E-state index in [9.17, 15) is 9.90 Å². The highest BCUT2D eigenvalue weighted by molar-refractivity contribution is 5.74. The van der Waals surface area contributed by atoms with Gasteiger partial charge in [-0.15, -0.1) is 0 Å². The third kappa shape index (κ3) is 2.42. The molecule has 4 nitrogen and oxygen atoms in total. The molecular formula is C13H18N2O2. The molecule has 0 saturated carbocycles. The van der Waals surface area contributed by atoms with E-state index in [0.29, 0.717) is 6.42 Å². The van der Waals surface area contributed by atoms with Crippen molar-refractivity contribution in [1.29, 1.82) is 0 Å². The third-order valence-electron chi connectivity index (χ3n) is 3.16. The SMILES string of the molecule is CN(C)C(=O)N[C@H]1CC[C@H](O)c2ccccc21. The average molecular weight is 234 g/mol. The molecule has 0 radical (unpaired) electrons. The lowest BCUT2D eigenvalue weighted by molar-refractivity contribution is 0.145. The van der Waals surface area contributed by atoms with E-state index in [2.05, 4.69) is 5.32 Å². The largest absolute Gasteiger partial charge is 0.388 e. The van der Waals surface area contributed by atoms with Crippen molar-refractivity contribution in [1.82, 2.24) is 10.2 Å². The van der Waals surface area contributed by atoms with Crippen molar-refractivity contribution in [2.75, 3.05) is 14.1 Å². The Morgan fingerprint density at radius 2 is 1.94 bits per heavy atom. The van der Waals surface area contributed by atoms with E-state index in [-0.39, 0.29) is 12.1 Å². The predicted octanol–water partition coefficient (Wildman–Crippen LogP) is 1.83. The van der Waals surface area contributed by atoms with Crippen LogP contribution >= 0.6 is 0 Å². The van der Waals surface area contributed by atoms with Crippen LogP contribution in [0.25, 0.3) is 0 Å². The maximum absolute atomic E-state index is 11.7. The van der Waals surface area contributed by atoms with E-state index in [1.54, 1.807) is 14.1 Å². The summed E-state index contributed by atoms with van der Waals surface area (Å²) in [5, 5.41) is 12.9. The maximum Gasteiger partial charge on any atom is 0.317 e. The lowest BCUT2D eigenvalue weighted by Gasteiger charge is -2.30. The molecule has 1 aliphatic carbocycles. The number of benzene rings is 1. The van der Waals surface area contributed by atoms with E-state index in [1.165, 1.54) is 4.90 Å². The molecule has 2 rings (SSSR count). The van der Waals surface area contributed by atoms with Crippen LogP contribution < -0.4 is 5.32 Å². The van der Waals surface area contributed by atoms with Gasteiger partial charge in [-0.25, -0.2) is 4.79 Å². The monoisotopic (exact) mass is 234 g/mol. The Bertz CT molecular complexity index is 418. The van der Waals surface area contributed by atoms with Gasteiger partial charge in [0, 0.05) is 14.1 Å². The molecule has 0 aromatic heterocycles. The van der Waals surface area contributed by atoms with Gasteiger partial charge >= 0.3 is 6.03 Å². The minimum absolute atomic E-state index is 0.00417. The van der Waals surface area contributed by atoms with Crippen molar-refractivity contribution in [2.24, 2.45) is 0 Å². The first-order chi connectivity index (χ1) is 8.09. The summed E-state index contributed by atoms with van der Waals surface area (Å²) in [4.78, 5) is 13.2. The first kappa shape index (κ1) is 11.9. The minimum Gasteiger partial charge on any atom is -0.388 e. The zero-order valence-corrected chi connectivity index (χ0v) is 10.2. The van der Waals surface area contributed by atoms with Crippen LogP contribution in [0.1, 0.15) is 36.1 Å². The molecule has 92 valence electrons. The summed E-state index contributed by atoms with van der Waals surface area (Å²) >= 11 is 0. The van der Waals surface area contributed by atoms with E-state index in [1.807, 2.05) is 24.3 Å². The number of nitrogens with zero attached hydrogens (tertiary/aromatic N) is 1. The van der Waals surface area contributed by atoms with Crippen LogP contribution in [-0.4, -0.2) is 30.1 Å². The normalized spacial score (nSPS) is 22.8. The van der Waals surface area contributed by atoms with Gasteiger partial charge in [0.1, 0.15) is 0 Å². The van der Waals surface area contributed by atoms with Gasteiger partial charge in [0.05, 0.1) is 12.1 Å². The Hall–Kier alpha value is -1.55. The highest BCUT2D eigenvalue weighted by Crippen LogP contribution is 2.35. The summed E-state index contributed by atoms with van der Waals surface area (Å²) < 4.78 is 0. The van der Waals surface area contributed by atoms with Gasteiger partial charge in [-0.05, 0) is 24.0 Å². The smallest absolute Gasteiger partial charge is 0.317 e. The number of nitrogens with one attached hydrogen (secondary N) is 1. The van der Waals surface area contributed by atoms with Gasteiger partial charge in [0.2, 0.25) is 0 Å². The molecule has 2 atom stereocenters. The van der Waals surface area contributed by atoms with Crippen molar-refractivity contribution < 1.29 is 9.90 Å². The molecule has 17 heavy (non-hydrogen) atoms. The molecule has 0 saturated heterocycles. The van der Waals surface area contributed by atoms with Crippen LogP contribution in [0, 0.1) is 0 Å². The summed E-state index contributed by atoms with van der Waals surface area (Å²) in [6.45, 7) is 0. The summed E-state index contributed by atoms with van der Waals surface area (Å²) in [6.07, 6.45) is 1.06. The second kappa shape index (κ2) is 4.75. The molecule has 0 spiro atoms. The maximum atomic E-state index is 11.7. The lowest BCUT2D eigenvalue weighted by Crippen LogP contribution is -2.38. The lowest BCUT2D eigenvalue weighted by atomic mass is 9.86. The minimum atomic E-state index is -0.404. The van der Waals surface area contributed by atoms with E-state index in [0.717, 1.165) is 17.5 Å². The summed E-state index contributed by atoms with van der Waals surface area (Å²) in [7, 11) is 3.44. The summed E-state index contributed by atoms with van der Waals surface area (Å²) in [5.41, 5.74) is 1.96. The van der Waals surface area contributed by atoms with Gasteiger partial charge in [-0.2, -0.15) is 0 Å². The number of rotatable bonds is 1. The summed E-state index contributed by atoms with van der Waals surface area (Å²) in [5.74, 6) is 0. The van der Waals surface area contributed by atoms with Crippen LogP contribution in [-0.2, 0) is 0 Å². The fourth-order valence-electron chi connectivity index (χ4n) is 2.20. The molecule has 0 unspecified atom stereocenters. The predicted molar refractivity (Wildman–Crippen MR) is 65.6 cm³/mol. The zero-order valence-electron chi connectivity index (χ0n) is 10.2. The van der Waals surface area contributed by atoms with Crippen LogP contribution in [0.3, 0.4) is 0 Å². The van der Waals surface area contributed by atoms with Gasteiger partial charge in [-0.3, -0.25) is 0 Å². The number of carbonyl (C=O) groups excluding carboxylic acids is 1. The second-order valence-electron chi connectivity index (χ2n) is 4.62. The first-order valence-corrected chi connectivity index (χ1v) is 5.84. The van der Waals surface area contributed by atoms with Crippen molar-refractivity contribution in [3.05, 3.63) is 35.4 Å². The number of fused-ring (bicyclic) bond motifs is 1. The Balaban J connectivity index is 2.21. The third-order valence-corrected chi connectivity index (χ3v) is 3.16. The van der Waals surface area contributed by atoms with Crippen molar-refractivity contribution in [2.45, 2.75) is 25.0 Å². The topological polar surface area (TPSA) is 52.6 Å². The molecule has 2 N–H and O–H groups in total. The van der Waals surface area contributed by atoms with Gasteiger partial charge < -0.3 is 15.3 Å². The molecular weight excluding hydrogens is 216 g/mol. The standard InChI is InChI=1S/C13H18N2O2/c1-15(2)13(17)14-11-7-8-12(16)10-6-4-3-5-9(10)11/h3-6,11-12,16H,7-8H2,1-2H3,(H,14,17)/t11-,12-/m0/s1. The van der Waals surface area contributed by atoms with E-state index >= 15 is 0 Å². The molecule has 1 aliphatic rings. The van der Waals surface area contributed by atoms with E-state index in [4.69, 9.17) is 0 Å². The molecule has 0 aliphatic heterocycles. The van der Waals surface area contributed by atoms with Crippen molar-refractivity contribution in [3.8, 4) is 0 Å². The van der Waals surface area contributed by atoms with Crippen molar-refractivity contribution in [3.63, 3.8) is 0 Å². The Morgan fingerprint density at radius 3 is 2.59 bits per heavy atom. The van der Waals surface area contributed by atoms with E-state index < -0.39 is 6.10 Å². The highest BCUT2D eigenvalue weighted by atomic mass is 16.3. The second-order valence-corrected chi connectivity index (χ2v) is 4.62. The molecule has 0 bridgehead atoms. The zero-order chi connectivity index (χ0) is 12.4. The highest BCUT2D eigenvalue weighted by Gasteiger charge is 2.26. The number of urea groups is 1. The molecule has 0 fully saturated rings. The van der Waals surface area contributed by atoms with Crippen molar-refractivity contribution >= 4 is 6.03 Å². The molecule has 4 heteroatoms. The quantitative estimate of drug-likeness (QED) is 0.779. The van der Waals surface area contributed by atoms with Gasteiger partial charge in [0.15, 0.2) is 0 Å². The Morgan fingerprint density at radius 1 is 1.29 bits per heavy atom. The van der Waals surface area contributed by atoms with Gasteiger partial charge in [-0.1, -0.05) is 24.3 Å². The van der Waals surface area contributed by atoms with Crippen LogP contribution in [0.15, 0.2) is 24.3 Å². The first-order valence-electron chi connectivity index (χ1n) is 5.84. The Kier molecular flexibility index (Phi) is 3.33. The summed E-state index contributed by atoms with van der Waals surface area (Å²) in [6, 6.07) is 7.65. The Labute approximate surface area is 101 Å². The average Bonchev–Trinajstić information content (AvgIpc) is 2.33. The fourth-order valence-corrected chi connectivity index (χ4v) is 2.20. The molecule has 0 heterocycles. The number of aliphatic hydroxyl groups is 1. The van der Waals surface area contributed by atoms with Crippen LogP contribution in [0.2, 0.25) is 0 Å².